The van der Waals surface area contributed by atoms with Crippen LogP contribution in [-0.2, 0) is 19.1 Å². The van der Waals surface area contributed by atoms with E-state index < -0.39 is 5.60 Å². The second-order valence-electron chi connectivity index (χ2n) is 12.4. The van der Waals surface area contributed by atoms with Crippen molar-refractivity contribution in [3.63, 3.8) is 0 Å². The quantitative estimate of drug-likeness (QED) is 0.257. The highest BCUT2D eigenvalue weighted by atomic mass is 16.6. The zero-order valence-corrected chi connectivity index (χ0v) is 27.4. The average molecular weight is 582 g/mol. The van der Waals surface area contributed by atoms with E-state index in [1.807, 2.05) is 30.6 Å². The molecule has 10 heteroatoms. The van der Waals surface area contributed by atoms with Gasteiger partial charge in [0.15, 0.2) is 0 Å². The molecule has 1 heterocycles. The van der Waals surface area contributed by atoms with Gasteiger partial charge >= 0.3 is 6.09 Å². The number of unbranched alkanes of at least 4 members (excludes halogenated alkanes) is 1. The van der Waals surface area contributed by atoms with Crippen molar-refractivity contribution in [1.82, 2.24) is 24.5 Å². The third-order valence-corrected chi connectivity index (χ3v) is 7.92. The van der Waals surface area contributed by atoms with Gasteiger partial charge in [-0.3, -0.25) is 19.3 Å². The van der Waals surface area contributed by atoms with E-state index in [4.69, 9.17) is 4.74 Å². The number of carbonyl (C=O) groups is 4. The SMILES string of the molecule is CCCCC(CC)CCC(=O)N(CCCN(CCN1CCN(C(=O)OC(C)(C)C)CC1)C(C)=O)CCN(C)C(C)=O. The molecule has 1 rings (SSSR count). The van der Waals surface area contributed by atoms with Crippen LogP contribution < -0.4 is 0 Å². The molecule has 41 heavy (non-hydrogen) atoms. The Bertz CT molecular complexity index is 807. The summed E-state index contributed by atoms with van der Waals surface area (Å²) >= 11 is 0. The van der Waals surface area contributed by atoms with Gasteiger partial charge in [-0.1, -0.05) is 39.5 Å². The fourth-order valence-corrected chi connectivity index (χ4v) is 4.94. The summed E-state index contributed by atoms with van der Waals surface area (Å²) in [5.41, 5.74) is -0.508. The molecular weight excluding hydrogens is 522 g/mol. The molecule has 0 aromatic heterocycles. The predicted molar refractivity (Wildman–Crippen MR) is 164 cm³/mol. The van der Waals surface area contributed by atoms with E-state index in [9.17, 15) is 19.2 Å². The van der Waals surface area contributed by atoms with Crippen LogP contribution in [0.1, 0.15) is 93.4 Å². The molecule has 0 bridgehead atoms. The Morgan fingerprint density at radius 3 is 1.98 bits per heavy atom. The Hall–Kier alpha value is -2.36. The number of hydrogen-bond acceptors (Lipinski definition) is 6. The van der Waals surface area contributed by atoms with Crippen LogP contribution in [0.5, 0.6) is 0 Å². The summed E-state index contributed by atoms with van der Waals surface area (Å²) in [6.45, 7) is 19.3. The second kappa shape index (κ2) is 18.9. The van der Waals surface area contributed by atoms with Crippen molar-refractivity contribution < 1.29 is 23.9 Å². The number of hydrogen-bond donors (Lipinski definition) is 0. The maximum absolute atomic E-state index is 13.2. The summed E-state index contributed by atoms with van der Waals surface area (Å²) in [4.78, 5) is 59.0. The molecule has 1 aliphatic heterocycles. The van der Waals surface area contributed by atoms with Crippen molar-refractivity contribution in [1.29, 1.82) is 0 Å². The van der Waals surface area contributed by atoms with Gasteiger partial charge in [0, 0.05) is 92.8 Å². The largest absolute Gasteiger partial charge is 0.444 e. The van der Waals surface area contributed by atoms with Gasteiger partial charge in [0.05, 0.1) is 0 Å². The van der Waals surface area contributed by atoms with Crippen LogP contribution >= 0.6 is 0 Å². The van der Waals surface area contributed by atoms with E-state index in [1.54, 1.807) is 23.8 Å². The first-order valence-corrected chi connectivity index (χ1v) is 15.7. The Labute approximate surface area is 249 Å². The summed E-state index contributed by atoms with van der Waals surface area (Å²) in [5.74, 6) is 0.708. The number of ether oxygens (including phenoxy) is 1. The van der Waals surface area contributed by atoms with Crippen molar-refractivity contribution >= 4 is 23.8 Å². The average Bonchev–Trinajstić information content (AvgIpc) is 2.91. The molecule has 0 N–H and O–H groups in total. The normalized spacial score (nSPS) is 14.9. The number of rotatable bonds is 17. The molecule has 1 saturated heterocycles. The number of carbonyl (C=O) groups excluding carboxylic acids is 4. The fraction of sp³-hybridized carbons (Fsp3) is 0.871. The summed E-state index contributed by atoms with van der Waals surface area (Å²) in [6, 6.07) is 0. The van der Waals surface area contributed by atoms with Crippen molar-refractivity contribution in [2.45, 2.75) is 99.0 Å². The predicted octanol–water partition coefficient (Wildman–Crippen LogP) is 4.08. The van der Waals surface area contributed by atoms with Crippen LogP contribution in [0.15, 0.2) is 0 Å². The highest BCUT2D eigenvalue weighted by Crippen LogP contribution is 2.19. The van der Waals surface area contributed by atoms with Crippen LogP contribution in [0, 0.1) is 5.92 Å². The molecule has 1 atom stereocenters. The lowest BCUT2D eigenvalue weighted by Gasteiger charge is -2.36. The monoisotopic (exact) mass is 581 g/mol. The molecule has 0 aromatic rings. The van der Waals surface area contributed by atoms with E-state index in [-0.39, 0.29) is 23.8 Å². The standard InChI is InChI=1S/C31H59N5O5/c1-9-11-13-28(10-2)14-15-29(39)35(22-18-32(8)26(3)37)17-12-16-34(27(4)38)23-19-33-20-24-36(25-21-33)30(40)41-31(5,6)7/h28H,9-25H2,1-8H3. The maximum Gasteiger partial charge on any atom is 0.410 e. The maximum atomic E-state index is 13.2. The van der Waals surface area contributed by atoms with Gasteiger partial charge in [0.2, 0.25) is 17.7 Å². The van der Waals surface area contributed by atoms with Crippen LogP contribution in [0.25, 0.3) is 0 Å². The third kappa shape index (κ3) is 15.4. The minimum absolute atomic E-state index is 0.0160. The molecule has 10 nitrogen and oxygen atoms in total. The van der Waals surface area contributed by atoms with Crippen LogP contribution in [0.2, 0.25) is 0 Å². The molecule has 0 aliphatic carbocycles. The van der Waals surface area contributed by atoms with Gasteiger partial charge in [-0.05, 0) is 39.5 Å². The first kappa shape index (κ1) is 36.7. The number of amides is 4. The smallest absolute Gasteiger partial charge is 0.410 e. The van der Waals surface area contributed by atoms with E-state index in [0.717, 1.165) is 38.9 Å². The first-order valence-electron chi connectivity index (χ1n) is 15.7. The minimum Gasteiger partial charge on any atom is -0.444 e. The molecule has 1 aliphatic rings. The molecular formula is C31H59N5O5. The molecule has 0 aromatic carbocycles. The molecule has 1 fully saturated rings. The lowest BCUT2D eigenvalue weighted by Crippen LogP contribution is -2.51. The zero-order valence-electron chi connectivity index (χ0n) is 27.4. The summed E-state index contributed by atoms with van der Waals surface area (Å²) in [6.07, 6.45) is 6.45. The van der Waals surface area contributed by atoms with E-state index in [2.05, 4.69) is 18.7 Å². The van der Waals surface area contributed by atoms with Gasteiger partial charge in [-0.2, -0.15) is 0 Å². The Kier molecular flexibility index (Phi) is 16.9. The topological polar surface area (TPSA) is 93.7 Å². The lowest BCUT2D eigenvalue weighted by molar-refractivity contribution is -0.134. The molecule has 1 unspecified atom stereocenters. The van der Waals surface area contributed by atoms with Crippen LogP contribution in [0.3, 0.4) is 0 Å². The highest BCUT2D eigenvalue weighted by molar-refractivity contribution is 5.76. The fourth-order valence-electron chi connectivity index (χ4n) is 4.94. The summed E-state index contributed by atoms with van der Waals surface area (Å²) in [5, 5.41) is 0. The first-order chi connectivity index (χ1) is 19.3. The lowest BCUT2D eigenvalue weighted by atomic mass is 9.94. The van der Waals surface area contributed by atoms with Crippen molar-refractivity contribution in [2.75, 3.05) is 72.5 Å². The van der Waals surface area contributed by atoms with Gasteiger partial charge in [0.25, 0.3) is 0 Å². The van der Waals surface area contributed by atoms with Gasteiger partial charge in [-0.15, -0.1) is 0 Å². The molecule has 0 saturated carbocycles. The van der Waals surface area contributed by atoms with Crippen molar-refractivity contribution in [2.24, 2.45) is 5.92 Å². The summed E-state index contributed by atoms with van der Waals surface area (Å²) < 4.78 is 5.48. The van der Waals surface area contributed by atoms with Gasteiger partial charge in [-0.25, -0.2) is 4.79 Å². The van der Waals surface area contributed by atoms with E-state index in [1.165, 1.54) is 19.8 Å². The highest BCUT2D eigenvalue weighted by Gasteiger charge is 2.26. The van der Waals surface area contributed by atoms with Crippen LogP contribution in [-0.4, -0.2) is 126 Å². The second-order valence-corrected chi connectivity index (χ2v) is 12.4. The zero-order chi connectivity index (χ0) is 31.0. The van der Waals surface area contributed by atoms with Gasteiger partial charge < -0.3 is 24.3 Å². The molecule has 4 amide bonds. The molecule has 238 valence electrons. The van der Waals surface area contributed by atoms with Crippen molar-refractivity contribution in [3.8, 4) is 0 Å². The Balaban J connectivity index is 2.60. The van der Waals surface area contributed by atoms with Crippen LogP contribution in [0.4, 0.5) is 4.79 Å². The Morgan fingerprint density at radius 2 is 1.44 bits per heavy atom. The number of likely N-dealkylation sites (N-methyl/N-ethyl adjacent to an activating group) is 1. The van der Waals surface area contributed by atoms with Crippen molar-refractivity contribution in [3.05, 3.63) is 0 Å². The molecule has 0 spiro atoms. The third-order valence-electron chi connectivity index (χ3n) is 7.92. The van der Waals surface area contributed by atoms with E-state index in [0.29, 0.717) is 64.6 Å². The number of piperazine rings is 1. The Morgan fingerprint density at radius 1 is 0.805 bits per heavy atom. The summed E-state index contributed by atoms with van der Waals surface area (Å²) in [7, 11) is 1.76. The van der Waals surface area contributed by atoms with E-state index >= 15 is 0 Å². The minimum atomic E-state index is -0.508. The van der Waals surface area contributed by atoms with Gasteiger partial charge in [0.1, 0.15) is 5.60 Å². The number of nitrogens with zero attached hydrogens (tertiary/aromatic N) is 5. The molecule has 0 radical (unpaired) electrons.